The normalized spacial score (nSPS) is 21.4. The van der Waals surface area contributed by atoms with Gasteiger partial charge in [-0.05, 0) is 19.9 Å². The number of hydrogen-bond acceptors (Lipinski definition) is 5. The molecule has 0 atom stereocenters. The Labute approximate surface area is 136 Å². The zero-order valence-corrected chi connectivity index (χ0v) is 13.5. The molecule has 0 spiro atoms. The van der Waals surface area contributed by atoms with Crippen LogP contribution in [0.1, 0.15) is 44.9 Å². The summed E-state index contributed by atoms with van der Waals surface area (Å²) >= 11 is 0. The van der Waals surface area contributed by atoms with Gasteiger partial charge in [-0.15, -0.1) is 12.3 Å². The number of carbonyl (C=O) groups is 2. The lowest BCUT2D eigenvalue weighted by molar-refractivity contribution is -0.139. The highest BCUT2D eigenvalue weighted by Crippen LogP contribution is 2.37. The van der Waals surface area contributed by atoms with Crippen LogP contribution in [-0.4, -0.2) is 53.2 Å². The van der Waals surface area contributed by atoms with Crippen LogP contribution in [0.3, 0.4) is 0 Å². The Hall–Kier alpha value is -1.94. The van der Waals surface area contributed by atoms with E-state index >= 15 is 0 Å². The molecule has 1 saturated heterocycles. The van der Waals surface area contributed by atoms with E-state index in [2.05, 4.69) is 26.4 Å². The van der Waals surface area contributed by atoms with Gasteiger partial charge in [0.2, 0.25) is 5.91 Å². The van der Waals surface area contributed by atoms with Crippen LogP contribution in [0.15, 0.2) is 10.2 Å². The number of likely N-dealkylation sites (tertiary alicyclic amines) is 1. The maximum absolute atomic E-state index is 12.3. The quantitative estimate of drug-likeness (QED) is 0.661. The smallest absolute Gasteiger partial charge is 0.305 e. The third-order valence-corrected chi connectivity index (χ3v) is 4.64. The summed E-state index contributed by atoms with van der Waals surface area (Å²) in [5, 5.41) is 20.2. The van der Waals surface area contributed by atoms with Gasteiger partial charge < -0.3 is 15.3 Å². The van der Waals surface area contributed by atoms with E-state index in [0.29, 0.717) is 32.1 Å². The van der Waals surface area contributed by atoms with E-state index in [1.807, 2.05) is 7.05 Å². The molecule has 1 amide bonds. The fourth-order valence-electron chi connectivity index (χ4n) is 3.02. The molecule has 0 aromatic heterocycles. The number of carboxylic acids is 1. The molecule has 0 bridgehead atoms. The van der Waals surface area contributed by atoms with E-state index in [9.17, 15) is 9.59 Å². The first-order valence-electron chi connectivity index (χ1n) is 7.98. The minimum atomic E-state index is -0.882. The van der Waals surface area contributed by atoms with Crippen LogP contribution in [-0.2, 0) is 9.59 Å². The van der Waals surface area contributed by atoms with Crippen LogP contribution in [0.2, 0.25) is 0 Å². The van der Waals surface area contributed by atoms with Crippen molar-refractivity contribution in [3.8, 4) is 12.3 Å². The summed E-state index contributed by atoms with van der Waals surface area (Å²) in [5.41, 5.74) is -1.12. The Bertz CT molecular complexity index is 524. The molecule has 0 aromatic rings. The zero-order chi connectivity index (χ0) is 16.9. The number of amides is 1. The van der Waals surface area contributed by atoms with Gasteiger partial charge in [-0.1, -0.05) is 0 Å². The highest BCUT2D eigenvalue weighted by Gasteiger charge is 2.41. The fraction of sp³-hybridized carbons (Fsp3) is 0.750. The molecule has 2 aliphatic heterocycles. The summed E-state index contributed by atoms with van der Waals surface area (Å²) < 4.78 is 0. The van der Waals surface area contributed by atoms with Gasteiger partial charge in [-0.2, -0.15) is 10.2 Å². The molecule has 0 aromatic carbocycles. The van der Waals surface area contributed by atoms with Crippen LogP contribution >= 0.6 is 0 Å². The van der Waals surface area contributed by atoms with Crippen molar-refractivity contribution < 1.29 is 14.7 Å². The molecule has 2 aliphatic rings. The minimum Gasteiger partial charge on any atom is -0.481 e. The SMILES string of the molecule is C#CCCC1(CCC(=O)NC2(CC(=O)O)CCN(C)CC2)N=N1. The third-order valence-electron chi connectivity index (χ3n) is 4.64. The first-order valence-corrected chi connectivity index (χ1v) is 7.98. The average molecular weight is 320 g/mol. The van der Waals surface area contributed by atoms with Crippen LogP contribution in [0, 0.1) is 12.3 Å². The highest BCUT2D eigenvalue weighted by molar-refractivity contribution is 5.78. The van der Waals surface area contributed by atoms with Gasteiger partial charge in [0.15, 0.2) is 5.66 Å². The largest absolute Gasteiger partial charge is 0.481 e. The molecule has 0 aliphatic carbocycles. The number of carbonyl (C=O) groups excluding carboxylic acids is 1. The molecule has 7 heteroatoms. The minimum absolute atomic E-state index is 0.0381. The van der Waals surface area contributed by atoms with E-state index in [4.69, 9.17) is 11.5 Å². The van der Waals surface area contributed by atoms with Gasteiger partial charge in [0.05, 0.1) is 12.0 Å². The van der Waals surface area contributed by atoms with Crippen LogP contribution < -0.4 is 5.32 Å². The number of piperidine rings is 1. The molecular formula is C16H24N4O3. The Balaban J connectivity index is 1.86. The lowest BCUT2D eigenvalue weighted by atomic mass is 9.84. The van der Waals surface area contributed by atoms with Crippen molar-refractivity contribution in [2.45, 2.75) is 56.1 Å². The van der Waals surface area contributed by atoms with Crippen molar-refractivity contribution in [2.75, 3.05) is 20.1 Å². The molecule has 7 nitrogen and oxygen atoms in total. The van der Waals surface area contributed by atoms with E-state index in [1.165, 1.54) is 0 Å². The highest BCUT2D eigenvalue weighted by atomic mass is 16.4. The number of terminal acetylenes is 1. The van der Waals surface area contributed by atoms with Gasteiger partial charge >= 0.3 is 5.97 Å². The summed E-state index contributed by atoms with van der Waals surface area (Å²) in [6.45, 7) is 1.56. The second kappa shape index (κ2) is 7.09. The summed E-state index contributed by atoms with van der Waals surface area (Å²) in [6.07, 6.45) is 8.58. The van der Waals surface area contributed by atoms with E-state index in [-0.39, 0.29) is 18.7 Å². The molecular weight excluding hydrogens is 296 g/mol. The number of nitrogens with one attached hydrogen (secondary N) is 1. The standard InChI is InChI=1S/C16H24N4O3/c1-3-4-6-16(18-19-16)7-5-13(21)17-15(12-14(22)23)8-10-20(2)11-9-15/h1H,4-12H2,2H3,(H,17,21)(H,22,23). The van der Waals surface area contributed by atoms with Crippen LogP contribution in [0.5, 0.6) is 0 Å². The van der Waals surface area contributed by atoms with E-state index in [1.54, 1.807) is 0 Å². The fourth-order valence-corrected chi connectivity index (χ4v) is 3.02. The molecule has 23 heavy (non-hydrogen) atoms. The van der Waals surface area contributed by atoms with Crippen molar-refractivity contribution >= 4 is 11.9 Å². The first-order chi connectivity index (χ1) is 10.9. The van der Waals surface area contributed by atoms with Crippen molar-refractivity contribution in [3.63, 3.8) is 0 Å². The summed E-state index contributed by atoms with van der Waals surface area (Å²) in [7, 11) is 2.00. The molecule has 0 saturated carbocycles. The average Bonchev–Trinajstić information content (AvgIpc) is 3.26. The van der Waals surface area contributed by atoms with E-state index in [0.717, 1.165) is 13.1 Å². The molecule has 0 unspecified atom stereocenters. The zero-order valence-electron chi connectivity index (χ0n) is 13.5. The molecule has 2 N–H and O–H groups in total. The molecule has 1 fully saturated rings. The maximum atomic E-state index is 12.3. The van der Waals surface area contributed by atoms with Crippen molar-refractivity contribution in [1.82, 2.24) is 10.2 Å². The van der Waals surface area contributed by atoms with Crippen LogP contribution in [0.25, 0.3) is 0 Å². The Morgan fingerprint density at radius 2 is 1.96 bits per heavy atom. The third kappa shape index (κ3) is 5.03. The van der Waals surface area contributed by atoms with Gasteiger partial charge in [0, 0.05) is 38.8 Å². The Morgan fingerprint density at radius 1 is 1.30 bits per heavy atom. The van der Waals surface area contributed by atoms with Gasteiger partial charge in [0.25, 0.3) is 0 Å². The van der Waals surface area contributed by atoms with Crippen molar-refractivity contribution in [3.05, 3.63) is 0 Å². The number of rotatable bonds is 8. The summed E-state index contributed by atoms with van der Waals surface area (Å²) in [6, 6.07) is 0. The molecule has 2 rings (SSSR count). The first kappa shape index (κ1) is 17.4. The van der Waals surface area contributed by atoms with Crippen molar-refractivity contribution in [2.24, 2.45) is 10.2 Å². The predicted octanol–water partition coefficient (Wildman–Crippen LogP) is 1.40. The molecule has 126 valence electrons. The topological polar surface area (TPSA) is 94.4 Å². The van der Waals surface area contributed by atoms with E-state index < -0.39 is 17.2 Å². The second-order valence-corrected chi connectivity index (χ2v) is 6.59. The van der Waals surface area contributed by atoms with Gasteiger partial charge in [-0.3, -0.25) is 9.59 Å². The number of aliphatic carboxylic acids is 1. The monoisotopic (exact) mass is 320 g/mol. The number of nitrogens with zero attached hydrogens (tertiary/aromatic N) is 3. The number of hydrogen-bond donors (Lipinski definition) is 2. The molecule has 2 heterocycles. The maximum Gasteiger partial charge on any atom is 0.305 e. The second-order valence-electron chi connectivity index (χ2n) is 6.59. The Morgan fingerprint density at radius 3 is 2.48 bits per heavy atom. The van der Waals surface area contributed by atoms with Crippen LogP contribution in [0.4, 0.5) is 0 Å². The summed E-state index contributed by atoms with van der Waals surface area (Å²) in [4.78, 5) is 25.6. The van der Waals surface area contributed by atoms with Gasteiger partial charge in [-0.25, -0.2) is 0 Å². The molecule has 0 radical (unpaired) electrons. The predicted molar refractivity (Wildman–Crippen MR) is 84.7 cm³/mol. The van der Waals surface area contributed by atoms with Gasteiger partial charge in [0.1, 0.15) is 0 Å². The Kier molecular flexibility index (Phi) is 5.37. The lowest BCUT2D eigenvalue weighted by Crippen LogP contribution is -2.55. The summed E-state index contributed by atoms with van der Waals surface area (Å²) in [5.74, 6) is 1.55. The lowest BCUT2D eigenvalue weighted by Gasteiger charge is -2.40. The number of carboxylic acid groups (broad SMARTS) is 1. The van der Waals surface area contributed by atoms with Crippen molar-refractivity contribution in [1.29, 1.82) is 0 Å².